The molecule has 0 aliphatic heterocycles. The zero-order chi connectivity index (χ0) is 9.97. The number of nitrogens with zero attached hydrogens (tertiary/aromatic N) is 2. The van der Waals surface area contributed by atoms with Gasteiger partial charge in [-0.1, -0.05) is 6.58 Å². The summed E-state index contributed by atoms with van der Waals surface area (Å²) < 4.78 is 4.17. The molecule has 1 fully saturated rings. The lowest BCUT2D eigenvalue weighted by Gasteiger charge is -1.92. The fraction of sp³-hybridized carbons (Fsp3) is 0.444. The molecule has 0 aromatic carbocycles. The number of amides is 1. The van der Waals surface area contributed by atoms with Gasteiger partial charge in [-0.25, -0.2) is 4.98 Å². The van der Waals surface area contributed by atoms with Crippen molar-refractivity contribution in [2.45, 2.75) is 19.3 Å². The summed E-state index contributed by atoms with van der Waals surface area (Å²) in [5.74, 6) is 1.38. The maximum Gasteiger partial charge on any atom is 0.249 e. The number of hydrogen-bond donors (Lipinski definition) is 1. The highest BCUT2D eigenvalue weighted by Gasteiger charge is 2.23. The Kier molecular flexibility index (Phi) is 2.58. The largest absolute Gasteiger partial charge is 0.297 e. The van der Waals surface area contributed by atoms with Crippen molar-refractivity contribution in [2.24, 2.45) is 5.92 Å². The first-order valence-corrected chi connectivity index (χ1v) is 5.31. The van der Waals surface area contributed by atoms with E-state index in [-0.39, 0.29) is 5.91 Å². The monoisotopic (exact) mass is 209 g/mol. The van der Waals surface area contributed by atoms with Crippen LogP contribution in [0.1, 0.15) is 18.7 Å². The number of rotatable bonds is 4. The maximum atomic E-state index is 10.9. The van der Waals surface area contributed by atoms with E-state index >= 15 is 0 Å². The Labute approximate surface area is 86.2 Å². The van der Waals surface area contributed by atoms with Crippen molar-refractivity contribution in [3.05, 3.63) is 18.5 Å². The Hall–Kier alpha value is -1.23. The van der Waals surface area contributed by atoms with Gasteiger partial charge in [0, 0.05) is 18.0 Å². The average Bonchev–Trinajstić information content (AvgIpc) is 2.87. The Morgan fingerprint density at radius 3 is 3.14 bits per heavy atom. The molecule has 0 spiro atoms. The van der Waals surface area contributed by atoms with Crippen LogP contribution in [0, 0.1) is 5.92 Å². The number of anilines is 1. The van der Waals surface area contributed by atoms with Crippen LogP contribution < -0.4 is 5.32 Å². The Bertz CT molecular complexity index is 357. The lowest BCUT2D eigenvalue weighted by molar-refractivity contribution is -0.111. The Morgan fingerprint density at radius 1 is 1.71 bits per heavy atom. The highest BCUT2D eigenvalue weighted by atomic mass is 32.1. The molecular weight excluding hydrogens is 198 g/mol. The third-order valence-electron chi connectivity index (χ3n) is 2.05. The fourth-order valence-electron chi connectivity index (χ4n) is 1.12. The van der Waals surface area contributed by atoms with E-state index in [0.717, 1.165) is 18.2 Å². The van der Waals surface area contributed by atoms with Crippen LogP contribution in [0.4, 0.5) is 5.13 Å². The van der Waals surface area contributed by atoms with Crippen molar-refractivity contribution < 1.29 is 4.79 Å². The van der Waals surface area contributed by atoms with E-state index in [0.29, 0.717) is 5.13 Å². The summed E-state index contributed by atoms with van der Waals surface area (Å²) in [5.41, 5.74) is 0. The van der Waals surface area contributed by atoms with Crippen LogP contribution >= 0.6 is 11.5 Å². The summed E-state index contributed by atoms with van der Waals surface area (Å²) in [6.07, 6.45) is 4.74. The summed E-state index contributed by atoms with van der Waals surface area (Å²) in [5, 5.41) is 3.15. The molecule has 1 aliphatic rings. The Balaban J connectivity index is 1.94. The molecule has 2 rings (SSSR count). The second-order valence-corrected chi connectivity index (χ2v) is 4.11. The van der Waals surface area contributed by atoms with Crippen molar-refractivity contribution in [3.63, 3.8) is 0 Å². The van der Waals surface area contributed by atoms with E-state index in [1.807, 2.05) is 0 Å². The van der Waals surface area contributed by atoms with E-state index in [9.17, 15) is 4.79 Å². The quantitative estimate of drug-likeness (QED) is 0.766. The smallest absolute Gasteiger partial charge is 0.249 e. The fourth-order valence-corrected chi connectivity index (χ4v) is 1.72. The molecule has 0 saturated heterocycles. The van der Waals surface area contributed by atoms with Gasteiger partial charge >= 0.3 is 0 Å². The average molecular weight is 209 g/mol. The van der Waals surface area contributed by atoms with Crippen molar-refractivity contribution in [3.8, 4) is 0 Å². The molecule has 1 amide bonds. The van der Waals surface area contributed by atoms with Crippen LogP contribution in [0.15, 0.2) is 12.7 Å². The lowest BCUT2D eigenvalue weighted by atomic mass is 10.3. The van der Waals surface area contributed by atoms with Gasteiger partial charge in [0.05, 0.1) is 0 Å². The first-order valence-electron chi connectivity index (χ1n) is 4.54. The minimum absolute atomic E-state index is 0.237. The van der Waals surface area contributed by atoms with E-state index in [4.69, 9.17) is 0 Å². The molecule has 4 nitrogen and oxygen atoms in total. The number of hydrogen-bond acceptors (Lipinski definition) is 4. The normalized spacial score (nSPS) is 15.1. The number of carbonyl (C=O) groups is 1. The second-order valence-electron chi connectivity index (χ2n) is 3.36. The molecule has 0 atom stereocenters. The maximum absolute atomic E-state index is 10.9. The number of aromatic nitrogens is 2. The van der Waals surface area contributed by atoms with E-state index in [2.05, 4.69) is 21.3 Å². The van der Waals surface area contributed by atoms with Crippen molar-refractivity contribution in [1.82, 2.24) is 9.36 Å². The number of carbonyl (C=O) groups excluding carboxylic acids is 1. The topological polar surface area (TPSA) is 54.9 Å². The summed E-state index contributed by atoms with van der Waals surface area (Å²) in [6, 6.07) is 0. The molecule has 1 heterocycles. The summed E-state index contributed by atoms with van der Waals surface area (Å²) in [6.45, 7) is 3.37. The van der Waals surface area contributed by atoms with Crippen molar-refractivity contribution in [2.75, 3.05) is 5.32 Å². The van der Waals surface area contributed by atoms with Gasteiger partial charge in [-0.2, -0.15) is 4.37 Å². The van der Waals surface area contributed by atoms with Gasteiger partial charge in [0.1, 0.15) is 5.82 Å². The SMILES string of the molecule is C=CC(=O)Nc1nc(CC2CC2)ns1. The van der Waals surface area contributed by atoms with E-state index < -0.39 is 0 Å². The molecule has 74 valence electrons. The van der Waals surface area contributed by atoms with Gasteiger partial charge in [0.2, 0.25) is 11.0 Å². The third-order valence-corrected chi connectivity index (χ3v) is 2.72. The van der Waals surface area contributed by atoms with Crippen LogP contribution in [-0.4, -0.2) is 15.3 Å². The Morgan fingerprint density at radius 2 is 2.50 bits per heavy atom. The highest BCUT2D eigenvalue weighted by Crippen LogP contribution is 2.32. The highest BCUT2D eigenvalue weighted by molar-refractivity contribution is 7.09. The molecular formula is C9H11N3OS. The molecule has 1 N–H and O–H groups in total. The summed E-state index contributed by atoms with van der Waals surface area (Å²) in [7, 11) is 0. The van der Waals surface area contributed by atoms with Crippen LogP contribution in [0.2, 0.25) is 0 Å². The summed E-state index contributed by atoms with van der Waals surface area (Å²) >= 11 is 1.22. The number of nitrogens with one attached hydrogen (secondary N) is 1. The molecule has 1 aliphatic carbocycles. The molecule has 0 bridgehead atoms. The third kappa shape index (κ3) is 2.38. The molecule has 1 aromatic heterocycles. The van der Waals surface area contributed by atoms with Crippen LogP contribution in [0.3, 0.4) is 0 Å². The molecule has 5 heteroatoms. The van der Waals surface area contributed by atoms with Crippen molar-refractivity contribution in [1.29, 1.82) is 0 Å². The first kappa shape index (κ1) is 9.33. The predicted octanol–water partition coefficient (Wildman–Crippen LogP) is 1.62. The zero-order valence-electron chi connectivity index (χ0n) is 7.69. The molecule has 14 heavy (non-hydrogen) atoms. The van der Waals surface area contributed by atoms with Gasteiger partial charge in [-0.3, -0.25) is 10.1 Å². The van der Waals surface area contributed by atoms with E-state index in [1.54, 1.807) is 0 Å². The molecule has 1 aromatic rings. The van der Waals surface area contributed by atoms with Crippen molar-refractivity contribution >= 4 is 22.6 Å². The van der Waals surface area contributed by atoms with Gasteiger partial charge in [0.25, 0.3) is 0 Å². The van der Waals surface area contributed by atoms with Gasteiger partial charge in [0.15, 0.2) is 0 Å². The molecule has 0 unspecified atom stereocenters. The van der Waals surface area contributed by atoms with Crippen LogP contribution in [0.25, 0.3) is 0 Å². The first-order chi connectivity index (χ1) is 6.78. The summed E-state index contributed by atoms with van der Waals surface area (Å²) in [4.78, 5) is 15.1. The minimum atomic E-state index is -0.237. The molecule has 0 radical (unpaired) electrons. The molecule has 1 saturated carbocycles. The van der Waals surface area contributed by atoms with E-state index in [1.165, 1.54) is 30.5 Å². The minimum Gasteiger partial charge on any atom is -0.297 e. The standard InChI is InChI=1S/C9H11N3OS/c1-2-8(13)11-9-10-7(12-14-9)5-6-3-4-6/h2,6H,1,3-5H2,(H,10,11,12,13). The second kappa shape index (κ2) is 3.88. The van der Waals surface area contributed by atoms with Gasteiger partial charge < -0.3 is 0 Å². The lowest BCUT2D eigenvalue weighted by Crippen LogP contribution is -2.06. The van der Waals surface area contributed by atoms with Crippen LogP contribution in [0.5, 0.6) is 0 Å². The zero-order valence-corrected chi connectivity index (χ0v) is 8.51. The van der Waals surface area contributed by atoms with Crippen LogP contribution in [-0.2, 0) is 11.2 Å². The predicted molar refractivity (Wildman–Crippen MR) is 55.2 cm³/mol. The van der Waals surface area contributed by atoms with Gasteiger partial charge in [-0.15, -0.1) is 0 Å². The van der Waals surface area contributed by atoms with Gasteiger partial charge in [-0.05, 0) is 24.8 Å².